The fourth-order valence-electron chi connectivity index (χ4n) is 1.83. The fourth-order valence-corrected chi connectivity index (χ4v) is 2.24. The summed E-state index contributed by atoms with van der Waals surface area (Å²) >= 11 is 1.73. The molecular weight excluding hydrogens is 282 g/mol. The summed E-state index contributed by atoms with van der Waals surface area (Å²) < 4.78 is 11.3. The molecule has 0 unspecified atom stereocenters. The molecule has 0 amide bonds. The molecule has 0 bridgehead atoms. The Morgan fingerprint density at radius 3 is 1.86 bits per heavy atom. The van der Waals surface area contributed by atoms with Crippen molar-refractivity contribution in [2.45, 2.75) is 17.9 Å². The SMILES string of the molecule is CSc1ccc(OCCCOc2ccc(CN)cc2)cc1. The topological polar surface area (TPSA) is 44.5 Å². The molecule has 0 radical (unpaired) electrons. The van der Waals surface area contributed by atoms with E-state index >= 15 is 0 Å². The average molecular weight is 303 g/mol. The van der Waals surface area contributed by atoms with Gasteiger partial charge in [0.1, 0.15) is 11.5 Å². The molecule has 0 saturated carbocycles. The summed E-state index contributed by atoms with van der Waals surface area (Å²) in [4.78, 5) is 1.24. The Morgan fingerprint density at radius 1 is 0.857 bits per heavy atom. The van der Waals surface area contributed by atoms with E-state index in [9.17, 15) is 0 Å². The predicted molar refractivity (Wildman–Crippen MR) is 88.2 cm³/mol. The molecule has 0 atom stereocenters. The molecule has 2 rings (SSSR count). The van der Waals surface area contributed by atoms with Crippen LogP contribution in [0.4, 0.5) is 0 Å². The summed E-state index contributed by atoms with van der Waals surface area (Å²) in [7, 11) is 0. The van der Waals surface area contributed by atoms with Gasteiger partial charge in [-0.25, -0.2) is 0 Å². The number of hydrogen-bond donors (Lipinski definition) is 1. The third-order valence-electron chi connectivity index (χ3n) is 3.04. The number of hydrogen-bond acceptors (Lipinski definition) is 4. The minimum atomic E-state index is 0.559. The zero-order valence-corrected chi connectivity index (χ0v) is 13.1. The zero-order chi connectivity index (χ0) is 14.9. The van der Waals surface area contributed by atoms with Crippen LogP contribution in [0.1, 0.15) is 12.0 Å². The summed E-state index contributed by atoms with van der Waals surface area (Å²) in [6, 6.07) is 16.0. The highest BCUT2D eigenvalue weighted by Crippen LogP contribution is 2.19. The van der Waals surface area contributed by atoms with Crippen molar-refractivity contribution in [2.75, 3.05) is 19.5 Å². The first kappa shape index (κ1) is 15.7. The van der Waals surface area contributed by atoms with Gasteiger partial charge in [-0.1, -0.05) is 12.1 Å². The first-order chi connectivity index (χ1) is 10.3. The van der Waals surface area contributed by atoms with Gasteiger partial charge in [-0.3, -0.25) is 0 Å². The van der Waals surface area contributed by atoms with Crippen LogP contribution in [-0.2, 0) is 6.54 Å². The summed E-state index contributed by atoms with van der Waals surface area (Å²) in [6.07, 6.45) is 2.91. The highest BCUT2D eigenvalue weighted by Gasteiger charge is 1.97. The van der Waals surface area contributed by atoms with E-state index in [2.05, 4.69) is 18.4 Å². The van der Waals surface area contributed by atoms with Crippen LogP contribution in [0.2, 0.25) is 0 Å². The number of benzene rings is 2. The molecule has 2 aromatic rings. The van der Waals surface area contributed by atoms with Gasteiger partial charge in [0.2, 0.25) is 0 Å². The minimum Gasteiger partial charge on any atom is -0.493 e. The third-order valence-corrected chi connectivity index (χ3v) is 3.79. The van der Waals surface area contributed by atoms with E-state index in [-0.39, 0.29) is 0 Å². The maximum Gasteiger partial charge on any atom is 0.119 e. The molecule has 3 nitrogen and oxygen atoms in total. The second-order valence-electron chi connectivity index (χ2n) is 4.57. The third kappa shape index (κ3) is 5.33. The van der Waals surface area contributed by atoms with Crippen molar-refractivity contribution in [3.05, 3.63) is 54.1 Å². The van der Waals surface area contributed by atoms with Gasteiger partial charge in [0, 0.05) is 17.9 Å². The normalized spacial score (nSPS) is 10.4. The highest BCUT2D eigenvalue weighted by atomic mass is 32.2. The van der Waals surface area contributed by atoms with E-state index < -0.39 is 0 Å². The van der Waals surface area contributed by atoms with Crippen molar-refractivity contribution in [3.8, 4) is 11.5 Å². The van der Waals surface area contributed by atoms with Crippen LogP contribution in [0.3, 0.4) is 0 Å². The van der Waals surface area contributed by atoms with Crippen molar-refractivity contribution >= 4 is 11.8 Å². The van der Waals surface area contributed by atoms with Gasteiger partial charge in [0.15, 0.2) is 0 Å². The fraction of sp³-hybridized carbons (Fsp3) is 0.294. The number of thioether (sulfide) groups is 1. The lowest BCUT2D eigenvalue weighted by molar-refractivity contribution is 0.247. The van der Waals surface area contributed by atoms with E-state index in [1.165, 1.54) is 4.90 Å². The van der Waals surface area contributed by atoms with Gasteiger partial charge in [-0.2, -0.15) is 0 Å². The lowest BCUT2D eigenvalue weighted by atomic mass is 10.2. The van der Waals surface area contributed by atoms with Crippen LogP contribution in [-0.4, -0.2) is 19.5 Å². The Bertz CT molecular complexity index is 476. The van der Waals surface area contributed by atoms with Gasteiger partial charge in [-0.15, -0.1) is 11.8 Å². The Kier molecular flexibility index (Phi) is 6.44. The van der Waals surface area contributed by atoms with Crippen LogP contribution < -0.4 is 15.2 Å². The van der Waals surface area contributed by atoms with Crippen LogP contribution >= 0.6 is 11.8 Å². The molecule has 21 heavy (non-hydrogen) atoms. The van der Waals surface area contributed by atoms with E-state index in [0.29, 0.717) is 19.8 Å². The quantitative estimate of drug-likeness (QED) is 0.596. The standard InChI is InChI=1S/C17H21NO2S/c1-21-17-9-7-16(8-10-17)20-12-2-11-19-15-5-3-14(13-18)4-6-15/h3-10H,2,11-13,18H2,1H3. The molecule has 0 aliphatic carbocycles. The lowest BCUT2D eigenvalue weighted by Gasteiger charge is -2.08. The molecule has 2 N–H and O–H groups in total. The first-order valence-corrected chi connectivity index (χ1v) is 8.23. The molecule has 0 saturated heterocycles. The number of nitrogens with two attached hydrogens (primary N) is 1. The number of rotatable bonds is 8. The molecule has 0 aromatic heterocycles. The zero-order valence-electron chi connectivity index (χ0n) is 12.2. The Hall–Kier alpha value is -1.65. The Balaban J connectivity index is 1.64. The monoisotopic (exact) mass is 303 g/mol. The maximum atomic E-state index is 5.67. The van der Waals surface area contributed by atoms with Crippen LogP contribution in [0.25, 0.3) is 0 Å². The summed E-state index contributed by atoms with van der Waals surface area (Å²) in [6.45, 7) is 1.85. The second kappa shape index (κ2) is 8.60. The lowest BCUT2D eigenvalue weighted by Crippen LogP contribution is -2.05. The molecule has 2 aromatic carbocycles. The molecule has 4 heteroatoms. The first-order valence-electron chi connectivity index (χ1n) is 7.00. The second-order valence-corrected chi connectivity index (χ2v) is 5.45. The van der Waals surface area contributed by atoms with Gasteiger partial charge < -0.3 is 15.2 Å². The van der Waals surface area contributed by atoms with E-state index in [1.54, 1.807) is 11.8 Å². The summed E-state index contributed by atoms with van der Waals surface area (Å²) in [5.74, 6) is 1.77. The van der Waals surface area contributed by atoms with E-state index in [4.69, 9.17) is 15.2 Å². The van der Waals surface area contributed by atoms with Crippen molar-refractivity contribution < 1.29 is 9.47 Å². The Labute approximate surface area is 130 Å². The molecule has 0 fully saturated rings. The molecule has 0 aliphatic heterocycles. The van der Waals surface area contributed by atoms with Gasteiger partial charge >= 0.3 is 0 Å². The van der Waals surface area contributed by atoms with Crippen molar-refractivity contribution in [1.82, 2.24) is 0 Å². The van der Waals surface area contributed by atoms with Gasteiger partial charge in [0.05, 0.1) is 13.2 Å². The minimum absolute atomic E-state index is 0.559. The van der Waals surface area contributed by atoms with Gasteiger partial charge in [0.25, 0.3) is 0 Å². The van der Waals surface area contributed by atoms with Crippen LogP contribution in [0, 0.1) is 0 Å². The van der Waals surface area contributed by atoms with Crippen molar-refractivity contribution in [2.24, 2.45) is 5.73 Å². The van der Waals surface area contributed by atoms with E-state index in [1.807, 2.05) is 36.4 Å². The van der Waals surface area contributed by atoms with Crippen molar-refractivity contribution in [3.63, 3.8) is 0 Å². The molecular formula is C17H21NO2S. The number of ether oxygens (including phenoxy) is 2. The van der Waals surface area contributed by atoms with Gasteiger partial charge in [-0.05, 0) is 48.2 Å². The smallest absolute Gasteiger partial charge is 0.119 e. The van der Waals surface area contributed by atoms with Crippen LogP contribution in [0.5, 0.6) is 11.5 Å². The average Bonchev–Trinajstić information content (AvgIpc) is 2.55. The van der Waals surface area contributed by atoms with Crippen molar-refractivity contribution in [1.29, 1.82) is 0 Å². The van der Waals surface area contributed by atoms with Crippen LogP contribution in [0.15, 0.2) is 53.4 Å². The predicted octanol–water partition coefficient (Wildman–Crippen LogP) is 3.72. The molecule has 112 valence electrons. The summed E-state index contributed by atoms with van der Waals surface area (Å²) in [5, 5.41) is 0. The van der Waals surface area contributed by atoms with E-state index in [0.717, 1.165) is 23.5 Å². The molecule has 0 heterocycles. The largest absolute Gasteiger partial charge is 0.493 e. The molecule has 0 spiro atoms. The summed E-state index contributed by atoms with van der Waals surface area (Å²) in [5.41, 5.74) is 6.66. The molecule has 0 aliphatic rings. The Morgan fingerprint density at radius 2 is 1.38 bits per heavy atom. The highest BCUT2D eigenvalue weighted by molar-refractivity contribution is 7.98. The maximum absolute atomic E-state index is 5.67.